The maximum Gasteiger partial charge on any atom is 0.416 e. The topological polar surface area (TPSA) is 66.5 Å². The van der Waals surface area contributed by atoms with Crippen molar-refractivity contribution in [2.24, 2.45) is 5.92 Å². The molecular formula is C21H23F3N2O3S. The van der Waals surface area contributed by atoms with Crippen molar-refractivity contribution in [3.8, 4) is 0 Å². The van der Waals surface area contributed by atoms with E-state index >= 15 is 0 Å². The van der Waals surface area contributed by atoms with Crippen LogP contribution < -0.4 is 5.32 Å². The Morgan fingerprint density at radius 2 is 1.67 bits per heavy atom. The smallest absolute Gasteiger partial charge is 0.326 e. The number of aryl methyl sites for hydroxylation is 1. The molecule has 0 aliphatic carbocycles. The van der Waals surface area contributed by atoms with Crippen LogP contribution in [0.5, 0.6) is 0 Å². The Morgan fingerprint density at radius 1 is 1.07 bits per heavy atom. The fourth-order valence-corrected chi connectivity index (χ4v) is 5.11. The number of piperidine rings is 1. The van der Waals surface area contributed by atoms with Crippen LogP contribution in [0.3, 0.4) is 0 Å². The van der Waals surface area contributed by atoms with Crippen molar-refractivity contribution in [1.29, 1.82) is 0 Å². The number of nitrogens with zero attached hydrogens (tertiary/aromatic N) is 1. The third-order valence-corrected chi connectivity index (χ3v) is 7.12. The van der Waals surface area contributed by atoms with Gasteiger partial charge in [0.2, 0.25) is 15.9 Å². The maximum atomic E-state index is 12.7. The molecule has 1 saturated heterocycles. The minimum Gasteiger partial charge on any atom is -0.326 e. The average Bonchev–Trinajstić information content (AvgIpc) is 2.69. The van der Waals surface area contributed by atoms with Gasteiger partial charge in [-0.15, -0.1) is 0 Å². The van der Waals surface area contributed by atoms with E-state index < -0.39 is 27.7 Å². The summed E-state index contributed by atoms with van der Waals surface area (Å²) in [6.07, 6.45) is -3.71. The standard InChI is InChI=1S/C21H23F3N2O3S/c1-15-4-2-3-5-17(15)14-30(28,29)26-12-10-16(11-13-26)20(27)25-19-8-6-18(7-9-19)21(22,23)24/h2-9,16H,10-14H2,1H3,(H,25,27). The van der Waals surface area contributed by atoms with E-state index in [-0.39, 0.29) is 30.4 Å². The van der Waals surface area contributed by atoms with Crippen LogP contribution in [-0.2, 0) is 26.7 Å². The number of benzene rings is 2. The van der Waals surface area contributed by atoms with Crippen LogP contribution in [0.15, 0.2) is 48.5 Å². The van der Waals surface area contributed by atoms with Gasteiger partial charge in [0.15, 0.2) is 0 Å². The van der Waals surface area contributed by atoms with E-state index in [9.17, 15) is 26.4 Å². The lowest BCUT2D eigenvalue weighted by Gasteiger charge is -2.30. The second kappa shape index (κ2) is 8.77. The van der Waals surface area contributed by atoms with Gasteiger partial charge in [0, 0.05) is 24.7 Å². The van der Waals surface area contributed by atoms with Gasteiger partial charge in [0.1, 0.15) is 0 Å². The predicted octanol–water partition coefficient (Wildman–Crippen LogP) is 4.19. The van der Waals surface area contributed by atoms with Crippen molar-refractivity contribution in [2.75, 3.05) is 18.4 Å². The number of rotatable bonds is 5. The summed E-state index contributed by atoms with van der Waals surface area (Å²) in [5.41, 5.74) is 1.15. The van der Waals surface area contributed by atoms with Gasteiger partial charge >= 0.3 is 6.18 Å². The number of sulfonamides is 1. The highest BCUT2D eigenvalue weighted by molar-refractivity contribution is 7.88. The lowest BCUT2D eigenvalue weighted by molar-refractivity contribution is -0.137. The lowest BCUT2D eigenvalue weighted by Crippen LogP contribution is -2.42. The van der Waals surface area contributed by atoms with E-state index in [0.717, 1.165) is 23.3 Å². The number of nitrogens with one attached hydrogen (secondary N) is 1. The molecule has 0 spiro atoms. The third-order valence-electron chi connectivity index (χ3n) is 5.30. The molecule has 0 saturated carbocycles. The van der Waals surface area contributed by atoms with Gasteiger partial charge in [-0.3, -0.25) is 4.79 Å². The minimum atomic E-state index is -4.43. The molecule has 1 aliphatic rings. The molecule has 3 rings (SSSR count). The monoisotopic (exact) mass is 440 g/mol. The normalized spacial score (nSPS) is 16.4. The minimum absolute atomic E-state index is 0.0813. The van der Waals surface area contributed by atoms with Gasteiger partial charge in [-0.25, -0.2) is 12.7 Å². The van der Waals surface area contributed by atoms with Crippen molar-refractivity contribution in [2.45, 2.75) is 31.7 Å². The first kappa shape index (κ1) is 22.3. The van der Waals surface area contributed by atoms with E-state index in [0.29, 0.717) is 12.8 Å². The third kappa shape index (κ3) is 5.40. The molecule has 9 heteroatoms. The highest BCUT2D eigenvalue weighted by Crippen LogP contribution is 2.30. The first-order valence-corrected chi connectivity index (χ1v) is 11.2. The van der Waals surface area contributed by atoms with Crippen molar-refractivity contribution < 1.29 is 26.4 Å². The van der Waals surface area contributed by atoms with Crippen molar-refractivity contribution in [3.05, 3.63) is 65.2 Å². The molecule has 1 N–H and O–H groups in total. The van der Waals surface area contributed by atoms with E-state index in [4.69, 9.17) is 0 Å². The number of hydrogen-bond acceptors (Lipinski definition) is 3. The molecule has 1 aliphatic heterocycles. The molecule has 0 radical (unpaired) electrons. The number of halogens is 3. The fourth-order valence-electron chi connectivity index (χ4n) is 3.44. The summed E-state index contributed by atoms with van der Waals surface area (Å²) in [4.78, 5) is 12.4. The Balaban J connectivity index is 1.56. The molecule has 1 heterocycles. The predicted molar refractivity (Wildman–Crippen MR) is 108 cm³/mol. The largest absolute Gasteiger partial charge is 0.416 e. The lowest BCUT2D eigenvalue weighted by atomic mass is 9.97. The summed E-state index contributed by atoms with van der Waals surface area (Å²) in [6.45, 7) is 2.33. The average molecular weight is 440 g/mol. The Hall–Kier alpha value is -2.39. The summed E-state index contributed by atoms with van der Waals surface area (Å²) < 4.78 is 64.7. The molecule has 0 bridgehead atoms. The summed E-state index contributed by atoms with van der Waals surface area (Å²) in [7, 11) is -3.49. The first-order chi connectivity index (χ1) is 14.1. The van der Waals surface area contributed by atoms with E-state index in [2.05, 4.69) is 5.32 Å². The van der Waals surface area contributed by atoms with Crippen LogP contribution in [0.25, 0.3) is 0 Å². The van der Waals surface area contributed by atoms with Gasteiger partial charge in [0.25, 0.3) is 0 Å². The molecule has 0 atom stereocenters. The Bertz CT molecular complexity index is 997. The molecule has 2 aromatic carbocycles. The maximum absolute atomic E-state index is 12.7. The van der Waals surface area contributed by atoms with Gasteiger partial charge in [0.05, 0.1) is 11.3 Å². The van der Waals surface area contributed by atoms with Crippen LogP contribution in [0.2, 0.25) is 0 Å². The number of carbonyl (C=O) groups excluding carboxylic acids is 1. The van der Waals surface area contributed by atoms with Crippen LogP contribution in [-0.4, -0.2) is 31.7 Å². The van der Waals surface area contributed by atoms with Gasteiger partial charge < -0.3 is 5.32 Å². The van der Waals surface area contributed by atoms with Gasteiger partial charge in [-0.2, -0.15) is 13.2 Å². The second-order valence-corrected chi connectivity index (χ2v) is 9.39. The number of amides is 1. The molecule has 2 aromatic rings. The molecule has 162 valence electrons. The summed E-state index contributed by atoms with van der Waals surface area (Å²) in [6, 6.07) is 11.6. The highest BCUT2D eigenvalue weighted by atomic mass is 32.2. The van der Waals surface area contributed by atoms with Crippen molar-refractivity contribution in [3.63, 3.8) is 0 Å². The second-order valence-electron chi connectivity index (χ2n) is 7.42. The summed E-state index contributed by atoms with van der Waals surface area (Å²) >= 11 is 0. The molecule has 0 aromatic heterocycles. The molecule has 5 nitrogen and oxygen atoms in total. The Kier molecular flexibility index (Phi) is 6.52. The zero-order chi connectivity index (χ0) is 21.9. The molecule has 1 fully saturated rings. The summed E-state index contributed by atoms with van der Waals surface area (Å²) in [5.74, 6) is -0.787. The van der Waals surface area contributed by atoms with Crippen molar-refractivity contribution >= 4 is 21.6 Å². The van der Waals surface area contributed by atoms with Crippen LogP contribution in [0.1, 0.15) is 29.5 Å². The van der Waals surface area contributed by atoms with Gasteiger partial charge in [-0.05, 0) is 55.2 Å². The fraction of sp³-hybridized carbons (Fsp3) is 0.381. The van der Waals surface area contributed by atoms with Crippen LogP contribution in [0.4, 0.5) is 18.9 Å². The first-order valence-electron chi connectivity index (χ1n) is 9.57. The van der Waals surface area contributed by atoms with E-state index in [1.165, 1.54) is 16.4 Å². The highest BCUT2D eigenvalue weighted by Gasteiger charge is 2.32. The SMILES string of the molecule is Cc1ccccc1CS(=O)(=O)N1CCC(C(=O)Nc2ccc(C(F)(F)F)cc2)CC1. The number of hydrogen-bond donors (Lipinski definition) is 1. The Labute approximate surface area is 173 Å². The van der Waals surface area contributed by atoms with E-state index in [1.807, 2.05) is 19.1 Å². The van der Waals surface area contributed by atoms with E-state index in [1.54, 1.807) is 12.1 Å². The molecular weight excluding hydrogens is 417 g/mol. The molecule has 1 amide bonds. The number of carbonyl (C=O) groups is 1. The number of alkyl halides is 3. The van der Waals surface area contributed by atoms with Crippen LogP contribution in [0, 0.1) is 12.8 Å². The van der Waals surface area contributed by atoms with Gasteiger partial charge in [-0.1, -0.05) is 24.3 Å². The summed E-state index contributed by atoms with van der Waals surface area (Å²) in [5, 5.41) is 2.62. The Morgan fingerprint density at radius 3 is 2.23 bits per heavy atom. The molecule has 30 heavy (non-hydrogen) atoms. The zero-order valence-electron chi connectivity index (χ0n) is 16.4. The quantitative estimate of drug-likeness (QED) is 0.758. The number of anilines is 1. The van der Waals surface area contributed by atoms with Crippen molar-refractivity contribution in [1.82, 2.24) is 4.31 Å². The zero-order valence-corrected chi connectivity index (χ0v) is 17.3. The molecule has 0 unspecified atom stereocenters. The van der Waals surface area contributed by atoms with Crippen LogP contribution >= 0.6 is 0 Å².